The van der Waals surface area contributed by atoms with Gasteiger partial charge in [0, 0.05) is 11.6 Å². The molecule has 0 saturated heterocycles. The highest BCUT2D eigenvalue weighted by Crippen LogP contribution is 2.22. The quantitative estimate of drug-likeness (QED) is 0.726. The Labute approximate surface area is 113 Å². The summed E-state index contributed by atoms with van der Waals surface area (Å²) in [6, 6.07) is 6.56. The maximum Gasteiger partial charge on any atom is 0.156 e. The monoisotopic (exact) mass is 274 g/mol. The normalized spacial score (nSPS) is 10.6. The molecule has 6 heteroatoms. The average Bonchev–Trinajstić information content (AvgIpc) is 2.41. The van der Waals surface area contributed by atoms with Gasteiger partial charge in [-0.2, -0.15) is 0 Å². The van der Waals surface area contributed by atoms with Crippen molar-refractivity contribution >= 4 is 34.0 Å². The smallest absolute Gasteiger partial charge is 0.156 e. The zero-order chi connectivity index (χ0) is 13.2. The second-order valence-corrected chi connectivity index (χ2v) is 4.27. The SMILES string of the molecule is Fc1cnc2c(Nc3ccc(Cl)nc3)nccc2c1. The van der Waals surface area contributed by atoms with Gasteiger partial charge in [-0.15, -0.1) is 0 Å². The summed E-state index contributed by atoms with van der Waals surface area (Å²) in [7, 11) is 0. The molecule has 0 atom stereocenters. The lowest BCUT2D eigenvalue weighted by molar-refractivity contribution is 0.624. The van der Waals surface area contributed by atoms with Crippen LogP contribution in [-0.4, -0.2) is 15.0 Å². The highest BCUT2D eigenvalue weighted by Gasteiger charge is 2.05. The Morgan fingerprint density at radius 3 is 2.74 bits per heavy atom. The summed E-state index contributed by atoms with van der Waals surface area (Å²) >= 11 is 5.72. The molecule has 1 N–H and O–H groups in total. The maximum absolute atomic E-state index is 13.1. The molecule has 3 aromatic heterocycles. The van der Waals surface area contributed by atoms with Crippen LogP contribution in [0.1, 0.15) is 0 Å². The molecule has 4 nitrogen and oxygen atoms in total. The predicted octanol–water partition coefficient (Wildman–Crippen LogP) is 3.56. The van der Waals surface area contributed by atoms with E-state index in [1.165, 1.54) is 6.07 Å². The number of pyridine rings is 3. The van der Waals surface area contributed by atoms with E-state index in [-0.39, 0.29) is 5.82 Å². The van der Waals surface area contributed by atoms with E-state index in [1.54, 1.807) is 30.6 Å². The minimum atomic E-state index is -0.377. The Bertz CT molecular complexity index is 730. The number of hydrogen-bond acceptors (Lipinski definition) is 4. The van der Waals surface area contributed by atoms with E-state index in [2.05, 4.69) is 20.3 Å². The summed E-state index contributed by atoms with van der Waals surface area (Å²) in [5, 5.41) is 4.17. The Morgan fingerprint density at radius 1 is 1.05 bits per heavy atom. The van der Waals surface area contributed by atoms with Crippen LogP contribution in [0.25, 0.3) is 10.9 Å². The van der Waals surface area contributed by atoms with Crippen LogP contribution >= 0.6 is 11.6 Å². The van der Waals surface area contributed by atoms with Gasteiger partial charge in [0.15, 0.2) is 5.82 Å². The Hall–Kier alpha value is -2.27. The number of nitrogens with zero attached hydrogens (tertiary/aromatic N) is 3. The lowest BCUT2D eigenvalue weighted by atomic mass is 10.2. The standard InChI is InChI=1S/C13H8ClFN4/c14-11-2-1-10(7-17-11)19-13-12-8(3-4-16-13)5-9(15)6-18-12/h1-7H,(H,16,19). The van der Waals surface area contributed by atoms with Crippen LogP contribution in [0.4, 0.5) is 15.9 Å². The molecule has 0 saturated carbocycles. The van der Waals surface area contributed by atoms with Crippen LogP contribution in [-0.2, 0) is 0 Å². The third-order valence-electron chi connectivity index (χ3n) is 2.56. The van der Waals surface area contributed by atoms with E-state index in [9.17, 15) is 4.39 Å². The van der Waals surface area contributed by atoms with Crippen molar-refractivity contribution in [1.82, 2.24) is 15.0 Å². The summed E-state index contributed by atoms with van der Waals surface area (Å²) in [5.41, 5.74) is 1.33. The van der Waals surface area contributed by atoms with Gasteiger partial charge in [0.25, 0.3) is 0 Å². The average molecular weight is 275 g/mol. The molecule has 3 rings (SSSR count). The minimum Gasteiger partial charge on any atom is -0.337 e. The molecule has 3 aromatic rings. The van der Waals surface area contributed by atoms with Crippen molar-refractivity contribution < 1.29 is 4.39 Å². The van der Waals surface area contributed by atoms with Crippen LogP contribution in [0.15, 0.2) is 42.9 Å². The Balaban J connectivity index is 2.03. The second-order valence-electron chi connectivity index (χ2n) is 3.88. The van der Waals surface area contributed by atoms with Crippen LogP contribution < -0.4 is 5.32 Å². The highest BCUT2D eigenvalue weighted by molar-refractivity contribution is 6.29. The first-order valence-corrected chi connectivity index (χ1v) is 5.89. The molecule has 94 valence electrons. The molecule has 3 heterocycles. The fourth-order valence-corrected chi connectivity index (χ4v) is 1.82. The van der Waals surface area contributed by atoms with E-state index in [4.69, 9.17) is 11.6 Å². The van der Waals surface area contributed by atoms with Gasteiger partial charge in [0.1, 0.15) is 16.5 Å². The number of anilines is 2. The molecule has 0 amide bonds. The molecular weight excluding hydrogens is 267 g/mol. The maximum atomic E-state index is 13.1. The van der Waals surface area contributed by atoms with E-state index in [0.29, 0.717) is 21.9 Å². The largest absolute Gasteiger partial charge is 0.337 e. The van der Waals surface area contributed by atoms with Gasteiger partial charge in [-0.25, -0.2) is 19.3 Å². The van der Waals surface area contributed by atoms with E-state index in [0.717, 1.165) is 11.9 Å². The third kappa shape index (κ3) is 2.46. The third-order valence-corrected chi connectivity index (χ3v) is 2.78. The van der Waals surface area contributed by atoms with Crippen LogP contribution in [0, 0.1) is 5.82 Å². The fraction of sp³-hybridized carbons (Fsp3) is 0. The van der Waals surface area contributed by atoms with Crippen molar-refractivity contribution in [2.75, 3.05) is 5.32 Å². The first kappa shape index (κ1) is 11.8. The van der Waals surface area contributed by atoms with Gasteiger partial charge < -0.3 is 5.32 Å². The van der Waals surface area contributed by atoms with E-state index >= 15 is 0 Å². The number of halogens is 2. The summed E-state index contributed by atoms with van der Waals surface area (Å²) < 4.78 is 13.1. The summed E-state index contributed by atoms with van der Waals surface area (Å²) in [6.07, 6.45) is 4.34. The Kier molecular flexibility index (Phi) is 2.97. The molecule has 0 unspecified atom stereocenters. The summed E-state index contributed by atoms with van der Waals surface area (Å²) in [6.45, 7) is 0. The van der Waals surface area contributed by atoms with Crippen LogP contribution in [0.3, 0.4) is 0 Å². The van der Waals surface area contributed by atoms with Gasteiger partial charge in [-0.05, 0) is 24.3 Å². The first-order valence-electron chi connectivity index (χ1n) is 5.51. The van der Waals surface area contributed by atoms with Gasteiger partial charge in [0.05, 0.1) is 18.1 Å². The van der Waals surface area contributed by atoms with Crippen LogP contribution in [0.5, 0.6) is 0 Å². The number of fused-ring (bicyclic) bond motifs is 1. The van der Waals surface area contributed by atoms with Crippen molar-refractivity contribution in [3.63, 3.8) is 0 Å². The molecule has 0 aromatic carbocycles. The van der Waals surface area contributed by atoms with Crippen molar-refractivity contribution in [1.29, 1.82) is 0 Å². The van der Waals surface area contributed by atoms with Gasteiger partial charge >= 0.3 is 0 Å². The molecular formula is C13H8ClFN4. The molecule has 0 bridgehead atoms. The van der Waals surface area contributed by atoms with Crippen LogP contribution in [0.2, 0.25) is 5.15 Å². The molecule has 0 aliphatic carbocycles. The molecule has 19 heavy (non-hydrogen) atoms. The van der Waals surface area contributed by atoms with Crippen molar-refractivity contribution in [3.8, 4) is 0 Å². The predicted molar refractivity (Wildman–Crippen MR) is 72.0 cm³/mol. The number of aromatic nitrogens is 3. The molecule has 0 spiro atoms. The summed E-state index contributed by atoms with van der Waals surface area (Å²) in [4.78, 5) is 12.2. The lowest BCUT2D eigenvalue weighted by Crippen LogP contribution is -1.96. The fourth-order valence-electron chi connectivity index (χ4n) is 1.71. The Morgan fingerprint density at radius 2 is 1.95 bits per heavy atom. The van der Waals surface area contributed by atoms with Gasteiger partial charge in [0.2, 0.25) is 0 Å². The zero-order valence-corrected chi connectivity index (χ0v) is 10.4. The zero-order valence-electron chi connectivity index (χ0n) is 9.64. The number of nitrogens with one attached hydrogen (secondary N) is 1. The molecule has 0 aliphatic rings. The molecule has 0 aliphatic heterocycles. The van der Waals surface area contributed by atoms with Gasteiger partial charge in [-0.1, -0.05) is 11.6 Å². The van der Waals surface area contributed by atoms with Crippen molar-refractivity contribution in [2.24, 2.45) is 0 Å². The van der Waals surface area contributed by atoms with Crippen molar-refractivity contribution in [3.05, 3.63) is 53.8 Å². The number of hydrogen-bond donors (Lipinski definition) is 1. The summed E-state index contributed by atoms with van der Waals surface area (Å²) in [5.74, 6) is 0.166. The second kappa shape index (κ2) is 4.78. The highest BCUT2D eigenvalue weighted by atomic mass is 35.5. The van der Waals surface area contributed by atoms with Gasteiger partial charge in [-0.3, -0.25) is 0 Å². The van der Waals surface area contributed by atoms with E-state index < -0.39 is 0 Å². The minimum absolute atomic E-state index is 0.377. The van der Waals surface area contributed by atoms with Crippen molar-refractivity contribution in [2.45, 2.75) is 0 Å². The number of rotatable bonds is 2. The first-order chi connectivity index (χ1) is 9.22. The molecule has 0 fully saturated rings. The molecule has 0 radical (unpaired) electrons. The lowest BCUT2D eigenvalue weighted by Gasteiger charge is -2.07. The topological polar surface area (TPSA) is 50.7 Å². The van der Waals surface area contributed by atoms with E-state index in [1.807, 2.05) is 0 Å².